The predicted molar refractivity (Wildman–Crippen MR) is 56.7 cm³/mol. The lowest BCUT2D eigenvalue weighted by Crippen LogP contribution is -2.09. The fourth-order valence-electron chi connectivity index (χ4n) is 1.07. The van der Waals surface area contributed by atoms with Crippen LogP contribution in [0.15, 0.2) is 24.4 Å². The molecular formula is C10H10F3NS. The number of alkyl halides is 3. The van der Waals surface area contributed by atoms with Gasteiger partial charge in [0.15, 0.2) is 5.69 Å². The Balaban J connectivity index is 2.97. The molecule has 5 heteroatoms. The zero-order valence-corrected chi connectivity index (χ0v) is 8.72. The molecule has 0 aliphatic carbocycles. The second kappa shape index (κ2) is 5.21. The SMILES string of the molecule is FC(F)(F)c1ncccc1C=CCCS. The molecule has 1 nitrogen and oxygen atoms in total. The van der Waals surface area contributed by atoms with Crippen molar-refractivity contribution in [3.05, 3.63) is 35.7 Å². The van der Waals surface area contributed by atoms with E-state index in [2.05, 4.69) is 17.6 Å². The number of rotatable bonds is 3. The van der Waals surface area contributed by atoms with E-state index in [1.54, 1.807) is 6.08 Å². The van der Waals surface area contributed by atoms with Gasteiger partial charge in [-0.3, -0.25) is 4.98 Å². The van der Waals surface area contributed by atoms with Crippen LogP contribution in [0.4, 0.5) is 13.2 Å². The summed E-state index contributed by atoms with van der Waals surface area (Å²) in [5.74, 6) is 0.609. The maximum atomic E-state index is 12.4. The molecule has 82 valence electrons. The van der Waals surface area contributed by atoms with Gasteiger partial charge in [0.1, 0.15) is 0 Å². The van der Waals surface area contributed by atoms with Gasteiger partial charge in [0.2, 0.25) is 0 Å². The Labute approximate surface area is 91.4 Å². The van der Waals surface area contributed by atoms with Gasteiger partial charge in [-0.2, -0.15) is 25.8 Å². The lowest BCUT2D eigenvalue weighted by atomic mass is 10.1. The monoisotopic (exact) mass is 233 g/mol. The minimum absolute atomic E-state index is 0.0896. The van der Waals surface area contributed by atoms with E-state index in [1.807, 2.05) is 0 Å². The highest BCUT2D eigenvalue weighted by Gasteiger charge is 2.34. The minimum atomic E-state index is -4.40. The summed E-state index contributed by atoms with van der Waals surface area (Å²) in [6.07, 6.45) is 0.446. The zero-order chi connectivity index (χ0) is 11.3. The van der Waals surface area contributed by atoms with E-state index in [1.165, 1.54) is 18.2 Å². The van der Waals surface area contributed by atoms with Crippen LogP contribution in [0.2, 0.25) is 0 Å². The standard InChI is InChI=1S/C10H10F3NS/c11-10(12,13)9-8(4-1-2-7-15)5-3-6-14-9/h1,3-6,15H,2,7H2. The van der Waals surface area contributed by atoms with Crippen molar-refractivity contribution in [3.8, 4) is 0 Å². The Hall–Kier alpha value is -0.970. The molecule has 0 radical (unpaired) electrons. The highest BCUT2D eigenvalue weighted by atomic mass is 32.1. The number of hydrogen-bond acceptors (Lipinski definition) is 2. The molecule has 15 heavy (non-hydrogen) atoms. The molecule has 0 unspecified atom stereocenters. The third kappa shape index (κ3) is 3.58. The van der Waals surface area contributed by atoms with Crippen LogP contribution in [-0.2, 0) is 6.18 Å². The van der Waals surface area contributed by atoms with Gasteiger partial charge in [0, 0.05) is 11.8 Å². The van der Waals surface area contributed by atoms with Crippen molar-refractivity contribution < 1.29 is 13.2 Å². The third-order valence-electron chi connectivity index (χ3n) is 1.70. The normalized spacial score (nSPS) is 12.3. The molecular weight excluding hydrogens is 223 g/mol. The fourth-order valence-corrected chi connectivity index (χ4v) is 1.22. The Morgan fingerprint density at radius 2 is 2.13 bits per heavy atom. The van der Waals surface area contributed by atoms with E-state index >= 15 is 0 Å². The van der Waals surface area contributed by atoms with Crippen LogP contribution >= 0.6 is 12.6 Å². The molecule has 1 aromatic rings. The average molecular weight is 233 g/mol. The van der Waals surface area contributed by atoms with E-state index in [9.17, 15) is 13.2 Å². The highest BCUT2D eigenvalue weighted by Crippen LogP contribution is 2.30. The van der Waals surface area contributed by atoms with Crippen molar-refractivity contribution in [1.82, 2.24) is 4.98 Å². The molecule has 0 atom stereocenters. The number of thiol groups is 1. The summed E-state index contributed by atoms with van der Waals surface area (Å²) in [6, 6.07) is 2.88. The summed E-state index contributed by atoms with van der Waals surface area (Å²) in [7, 11) is 0. The van der Waals surface area contributed by atoms with Crippen molar-refractivity contribution in [1.29, 1.82) is 0 Å². The lowest BCUT2D eigenvalue weighted by molar-refractivity contribution is -0.141. The molecule has 1 rings (SSSR count). The molecule has 0 saturated carbocycles. The minimum Gasteiger partial charge on any atom is -0.251 e. The van der Waals surface area contributed by atoms with Gasteiger partial charge >= 0.3 is 6.18 Å². The maximum Gasteiger partial charge on any atom is 0.433 e. The summed E-state index contributed by atoms with van der Waals surface area (Å²) in [6.45, 7) is 0. The van der Waals surface area contributed by atoms with Crippen molar-refractivity contribution in [2.75, 3.05) is 5.75 Å². The summed E-state index contributed by atoms with van der Waals surface area (Å²) in [5, 5.41) is 0. The number of aromatic nitrogens is 1. The second-order valence-electron chi connectivity index (χ2n) is 2.85. The molecule has 0 bridgehead atoms. The molecule has 0 aliphatic heterocycles. The summed E-state index contributed by atoms with van der Waals surface area (Å²) in [4.78, 5) is 3.33. The Kier molecular flexibility index (Phi) is 4.20. The Morgan fingerprint density at radius 1 is 1.40 bits per heavy atom. The quantitative estimate of drug-likeness (QED) is 0.789. The fraction of sp³-hybridized carbons (Fsp3) is 0.300. The van der Waals surface area contributed by atoms with Gasteiger partial charge in [-0.1, -0.05) is 18.2 Å². The van der Waals surface area contributed by atoms with E-state index in [0.717, 1.165) is 6.20 Å². The zero-order valence-electron chi connectivity index (χ0n) is 7.83. The van der Waals surface area contributed by atoms with E-state index in [0.29, 0.717) is 12.2 Å². The van der Waals surface area contributed by atoms with Gasteiger partial charge < -0.3 is 0 Å². The molecule has 0 aliphatic rings. The number of halogens is 3. The first-order valence-electron chi connectivity index (χ1n) is 4.35. The Morgan fingerprint density at radius 3 is 2.73 bits per heavy atom. The third-order valence-corrected chi connectivity index (χ3v) is 1.96. The van der Waals surface area contributed by atoms with E-state index in [4.69, 9.17) is 0 Å². The molecule has 1 aromatic heterocycles. The van der Waals surface area contributed by atoms with Gasteiger partial charge in [-0.05, 0) is 18.2 Å². The van der Waals surface area contributed by atoms with Gasteiger partial charge in [0.05, 0.1) is 0 Å². The van der Waals surface area contributed by atoms with E-state index < -0.39 is 11.9 Å². The molecule has 0 spiro atoms. The molecule has 0 fully saturated rings. The highest BCUT2D eigenvalue weighted by molar-refractivity contribution is 7.80. The first-order valence-corrected chi connectivity index (χ1v) is 4.98. The maximum absolute atomic E-state index is 12.4. The lowest BCUT2D eigenvalue weighted by Gasteiger charge is -2.07. The topological polar surface area (TPSA) is 12.9 Å². The van der Waals surface area contributed by atoms with Crippen LogP contribution in [0, 0.1) is 0 Å². The Bertz CT molecular complexity index is 347. The van der Waals surface area contributed by atoms with Gasteiger partial charge in [0.25, 0.3) is 0 Å². The molecule has 0 amide bonds. The molecule has 0 aromatic carbocycles. The van der Waals surface area contributed by atoms with Gasteiger partial charge in [-0.15, -0.1) is 0 Å². The number of hydrogen-bond donors (Lipinski definition) is 1. The molecule has 0 saturated heterocycles. The van der Waals surface area contributed by atoms with Gasteiger partial charge in [-0.25, -0.2) is 0 Å². The molecule has 1 heterocycles. The van der Waals surface area contributed by atoms with E-state index in [-0.39, 0.29) is 5.56 Å². The van der Waals surface area contributed by atoms with Crippen molar-refractivity contribution in [2.24, 2.45) is 0 Å². The first-order chi connectivity index (χ1) is 7.05. The number of nitrogens with zero attached hydrogens (tertiary/aromatic N) is 1. The first kappa shape index (κ1) is 12.1. The van der Waals surface area contributed by atoms with Crippen LogP contribution in [0.3, 0.4) is 0 Å². The van der Waals surface area contributed by atoms with Crippen LogP contribution in [-0.4, -0.2) is 10.7 Å². The van der Waals surface area contributed by atoms with Crippen LogP contribution in [0.1, 0.15) is 17.7 Å². The smallest absolute Gasteiger partial charge is 0.251 e. The summed E-state index contributed by atoms with van der Waals surface area (Å²) >= 11 is 3.96. The van der Waals surface area contributed by atoms with Crippen molar-refractivity contribution >= 4 is 18.7 Å². The van der Waals surface area contributed by atoms with Crippen LogP contribution < -0.4 is 0 Å². The molecule has 0 N–H and O–H groups in total. The number of allylic oxidation sites excluding steroid dienone is 1. The van der Waals surface area contributed by atoms with Crippen LogP contribution in [0.5, 0.6) is 0 Å². The average Bonchev–Trinajstić information content (AvgIpc) is 2.17. The summed E-state index contributed by atoms with van der Waals surface area (Å²) < 4.78 is 37.3. The van der Waals surface area contributed by atoms with Crippen LogP contribution in [0.25, 0.3) is 6.08 Å². The van der Waals surface area contributed by atoms with Crippen molar-refractivity contribution in [2.45, 2.75) is 12.6 Å². The second-order valence-corrected chi connectivity index (χ2v) is 3.30. The largest absolute Gasteiger partial charge is 0.433 e. The summed E-state index contributed by atoms with van der Waals surface area (Å²) in [5.41, 5.74) is -0.757. The van der Waals surface area contributed by atoms with Crippen molar-refractivity contribution in [3.63, 3.8) is 0 Å². The predicted octanol–water partition coefficient (Wildman–Crippen LogP) is 3.43. The number of pyridine rings is 1.